The number of carboxylic acid groups (broad SMARTS) is 1. The van der Waals surface area contributed by atoms with Gasteiger partial charge in [-0.3, -0.25) is 0 Å². The van der Waals surface area contributed by atoms with Crippen molar-refractivity contribution in [2.24, 2.45) is 0 Å². The predicted octanol–water partition coefficient (Wildman–Crippen LogP) is 3.72. The van der Waals surface area contributed by atoms with E-state index in [4.69, 9.17) is 9.84 Å². The lowest BCUT2D eigenvalue weighted by Crippen LogP contribution is -2.22. The molecule has 2 rings (SSSR count). The molecule has 0 unspecified atom stereocenters. The van der Waals surface area contributed by atoms with Crippen LogP contribution in [0.4, 0.5) is 0 Å². The minimum absolute atomic E-state index is 0.241. The number of ether oxygens (including phenoxy) is 1. The molecule has 2 aromatic rings. The zero-order valence-corrected chi connectivity index (χ0v) is 10.7. The fourth-order valence-electron chi connectivity index (χ4n) is 1.77. The van der Waals surface area contributed by atoms with E-state index in [1.54, 1.807) is 18.2 Å². The molecule has 0 atom stereocenters. The van der Waals surface area contributed by atoms with Gasteiger partial charge >= 0.3 is 5.97 Å². The lowest BCUT2D eigenvalue weighted by molar-refractivity contribution is 0.0697. The maximum Gasteiger partial charge on any atom is 0.335 e. The van der Waals surface area contributed by atoms with Gasteiger partial charge in [0.25, 0.3) is 0 Å². The third-order valence-electron chi connectivity index (χ3n) is 2.48. The fourth-order valence-corrected chi connectivity index (χ4v) is 1.77. The van der Waals surface area contributed by atoms with Crippen molar-refractivity contribution in [3.63, 3.8) is 0 Å². The van der Waals surface area contributed by atoms with Gasteiger partial charge in [0.15, 0.2) is 0 Å². The molecule has 0 fully saturated rings. The van der Waals surface area contributed by atoms with Gasteiger partial charge in [0.1, 0.15) is 11.4 Å². The Morgan fingerprint density at radius 1 is 1.06 bits per heavy atom. The molecule has 0 spiro atoms. The van der Waals surface area contributed by atoms with Gasteiger partial charge in [-0.05, 0) is 55.8 Å². The van der Waals surface area contributed by atoms with Crippen LogP contribution in [0, 0.1) is 0 Å². The van der Waals surface area contributed by atoms with Crippen molar-refractivity contribution in [1.29, 1.82) is 0 Å². The van der Waals surface area contributed by atoms with Crippen molar-refractivity contribution in [3.8, 4) is 5.75 Å². The fraction of sp³-hybridized carbons (Fsp3) is 0.267. The van der Waals surface area contributed by atoms with Crippen LogP contribution in [0.3, 0.4) is 0 Å². The lowest BCUT2D eigenvalue weighted by Gasteiger charge is -2.21. The van der Waals surface area contributed by atoms with E-state index in [1.165, 1.54) is 0 Å². The Balaban J connectivity index is 2.41. The molecule has 3 heteroatoms. The minimum Gasteiger partial charge on any atom is -0.488 e. The van der Waals surface area contributed by atoms with Crippen LogP contribution < -0.4 is 4.74 Å². The average molecular weight is 244 g/mol. The summed E-state index contributed by atoms with van der Waals surface area (Å²) in [6, 6.07) is 10.7. The molecule has 0 amide bonds. The van der Waals surface area contributed by atoms with Gasteiger partial charge in [-0.1, -0.05) is 12.1 Å². The van der Waals surface area contributed by atoms with E-state index >= 15 is 0 Å². The Kier molecular flexibility index (Phi) is 2.99. The summed E-state index contributed by atoms with van der Waals surface area (Å²) < 4.78 is 5.77. The molecule has 0 bridgehead atoms. The zero-order valence-electron chi connectivity index (χ0n) is 10.7. The average Bonchev–Trinajstić information content (AvgIpc) is 2.26. The number of hydrogen-bond donors (Lipinski definition) is 1. The molecular weight excluding hydrogens is 228 g/mol. The molecule has 2 aromatic carbocycles. The van der Waals surface area contributed by atoms with Crippen molar-refractivity contribution in [1.82, 2.24) is 0 Å². The first-order valence-corrected chi connectivity index (χ1v) is 5.81. The highest BCUT2D eigenvalue weighted by atomic mass is 16.5. The normalized spacial score (nSPS) is 11.5. The van der Waals surface area contributed by atoms with Crippen LogP contribution in [-0.4, -0.2) is 16.7 Å². The SMILES string of the molecule is CC(C)(C)Oc1ccc2cc(C(=O)O)ccc2c1. The molecule has 0 aliphatic heterocycles. The molecule has 0 aliphatic carbocycles. The molecule has 3 nitrogen and oxygen atoms in total. The molecule has 18 heavy (non-hydrogen) atoms. The highest BCUT2D eigenvalue weighted by Crippen LogP contribution is 2.24. The second-order valence-electron chi connectivity index (χ2n) is 5.24. The maximum atomic E-state index is 10.9. The van der Waals surface area contributed by atoms with Crippen LogP contribution in [0.2, 0.25) is 0 Å². The van der Waals surface area contributed by atoms with Crippen LogP contribution in [0.15, 0.2) is 36.4 Å². The third-order valence-corrected chi connectivity index (χ3v) is 2.48. The molecule has 0 saturated heterocycles. The Labute approximate surface area is 106 Å². The van der Waals surface area contributed by atoms with E-state index < -0.39 is 5.97 Å². The predicted molar refractivity (Wildman–Crippen MR) is 71.3 cm³/mol. The number of hydrogen-bond acceptors (Lipinski definition) is 2. The second-order valence-corrected chi connectivity index (χ2v) is 5.24. The first-order valence-electron chi connectivity index (χ1n) is 5.81. The smallest absolute Gasteiger partial charge is 0.335 e. The van der Waals surface area contributed by atoms with E-state index in [2.05, 4.69) is 0 Å². The minimum atomic E-state index is -0.910. The first kappa shape index (κ1) is 12.4. The van der Waals surface area contributed by atoms with Gasteiger partial charge < -0.3 is 9.84 Å². The molecule has 0 radical (unpaired) electrons. The molecule has 94 valence electrons. The Hall–Kier alpha value is -2.03. The Morgan fingerprint density at radius 3 is 2.28 bits per heavy atom. The number of fused-ring (bicyclic) bond motifs is 1. The maximum absolute atomic E-state index is 10.9. The molecular formula is C15H16O3. The number of benzene rings is 2. The van der Waals surface area contributed by atoms with Crippen LogP contribution >= 0.6 is 0 Å². The lowest BCUT2D eigenvalue weighted by atomic mass is 10.1. The number of carboxylic acids is 1. The van der Waals surface area contributed by atoms with Gasteiger partial charge in [0.2, 0.25) is 0 Å². The number of aromatic carboxylic acids is 1. The van der Waals surface area contributed by atoms with Crippen LogP contribution in [0.25, 0.3) is 10.8 Å². The standard InChI is InChI=1S/C15H16O3/c1-15(2,3)18-13-7-6-10-8-12(14(16)17)5-4-11(10)9-13/h4-9H,1-3H3,(H,16,17). The van der Waals surface area contributed by atoms with Gasteiger partial charge in [0, 0.05) is 0 Å². The van der Waals surface area contributed by atoms with E-state index in [9.17, 15) is 4.79 Å². The summed E-state index contributed by atoms with van der Waals surface area (Å²) >= 11 is 0. The number of rotatable bonds is 2. The molecule has 0 heterocycles. The van der Waals surface area contributed by atoms with Crippen molar-refractivity contribution in [2.75, 3.05) is 0 Å². The topological polar surface area (TPSA) is 46.5 Å². The van der Waals surface area contributed by atoms with Gasteiger partial charge in [-0.2, -0.15) is 0 Å². The molecule has 0 saturated carbocycles. The summed E-state index contributed by atoms with van der Waals surface area (Å²) in [5.41, 5.74) is 0.0568. The van der Waals surface area contributed by atoms with Gasteiger partial charge in [-0.25, -0.2) is 4.79 Å². The van der Waals surface area contributed by atoms with E-state index in [0.717, 1.165) is 16.5 Å². The highest BCUT2D eigenvalue weighted by Gasteiger charge is 2.12. The molecule has 0 aliphatic rings. The highest BCUT2D eigenvalue weighted by molar-refractivity contribution is 5.94. The zero-order chi connectivity index (χ0) is 13.3. The number of carbonyl (C=O) groups is 1. The Bertz CT molecular complexity index is 594. The van der Waals surface area contributed by atoms with Crippen molar-refractivity contribution in [3.05, 3.63) is 42.0 Å². The summed E-state index contributed by atoms with van der Waals surface area (Å²) in [5.74, 6) is -0.120. The monoisotopic (exact) mass is 244 g/mol. The van der Waals surface area contributed by atoms with Crippen LogP contribution in [-0.2, 0) is 0 Å². The van der Waals surface area contributed by atoms with Crippen LogP contribution in [0.5, 0.6) is 5.75 Å². The van der Waals surface area contributed by atoms with Gasteiger partial charge in [0.05, 0.1) is 5.56 Å². The molecule has 1 N–H and O–H groups in total. The summed E-state index contributed by atoms with van der Waals surface area (Å²) in [4.78, 5) is 10.9. The summed E-state index contributed by atoms with van der Waals surface area (Å²) in [6.07, 6.45) is 0. The quantitative estimate of drug-likeness (QED) is 0.875. The third kappa shape index (κ3) is 2.80. The van der Waals surface area contributed by atoms with Crippen molar-refractivity contribution in [2.45, 2.75) is 26.4 Å². The first-order chi connectivity index (χ1) is 8.35. The van der Waals surface area contributed by atoms with Crippen molar-refractivity contribution >= 4 is 16.7 Å². The van der Waals surface area contributed by atoms with Crippen molar-refractivity contribution < 1.29 is 14.6 Å². The molecule has 0 aromatic heterocycles. The second kappa shape index (κ2) is 4.33. The van der Waals surface area contributed by atoms with E-state index in [0.29, 0.717) is 5.56 Å². The van der Waals surface area contributed by atoms with E-state index in [1.807, 2.05) is 39.0 Å². The Morgan fingerprint density at radius 2 is 1.67 bits per heavy atom. The summed E-state index contributed by atoms with van der Waals surface area (Å²) in [6.45, 7) is 5.97. The van der Waals surface area contributed by atoms with Crippen LogP contribution in [0.1, 0.15) is 31.1 Å². The largest absolute Gasteiger partial charge is 0.488 e. The van der Waals surface area contributed by atoms with E-state index in [-0.39, 0.29) is 5.60 Å². The van der Waals surface area contributed by atoms with Gasteiger partial charge in [-0.15, -0.1) is 0 Å². The summed E-state index contributed by atoms with van der Waals surface area (Å²) in [7, 11) is 0. The summed E-state index contributed by atoms with van der Waals surface area (Å²) in [5, 5.41) is 10.8.